The summed E-state index contributed by atoms with van der Waals surface area (Å²) in [6.45, 7) is -0.0663. The van der Waals surface area contributed by atoms with Crippen LogP contribution in [0.1, 0.15) is 11.1 Å². The lowest BCUT2D eigenvalue weighted by Crippen LogP contribution is -2.14. The predicted molar refractivity (Wildman–Crippen MR) is 72.8 cm³/mol. The molecule has 4 heteroatoms. The quantitative estimate of drug-likeness (QED) is 0.785. The molecule has 0 saturated heterocycles. The highest BCUT2D eigenvalue weighted by atomic mass is 16.3. The number of nitrogens with one attached hydrogen (secondary N) is 1. The van der Waals surface area contributed by atoms with Gasteiger partial charge in [-0.15, -0.1) is 0 Å². The van der Waals surface area contributed by atoms with Gasteiger partial charge in [0.05, 0.1) is 13.0 Å². The number of rotatable bonds is 4. The molecule has 0 spiro atoms. The Kier molecular flexibility index (Phi) is 4.15. The number of aliphatic hydroxyl groups is 1. The summed E-state index contributed by atoms with van der Waals surface area (Å²) in [5, 5.41) is 21.3. The van der Waals surface area contributed by atoms with E-state index in [0.29, 0.717) is 11.3 Å². The average molecular weight is 257 g/mol. The first kappa shape index (κ1) is 13.1. The zero-order chi connectivity index (χ0) is 13.7. The molecule has 4 nitrogen and oxygen atoms in total. The highest BCUT2D eigenvalue weighted by Gasteiger charge is 2.07. The molecule has 19 heavy (non-hydrogen) atoms. The molecular formula is C15H15NO3. The molecule has 0 saturated carbocycles. The van der Waals surface area contributed by atoms with Crippen LogP contribution in [0, 0.1) is 0 Å². The summed E-state index contributed by atoms with van der Waals surface area (Å²) in [6, 6.07) is 13.7. The minimum absolute atomic E-state index is 0.0663. The highest BCUT2D eigenvalue weighted by Crippen LogP contribution is 2.17. The first-order chi connectivity index (χ1) is 9.19. The average Bonchev–Trinajstić information content (AvgIpc) is 2.41. The first-order valence-electron chi connectivity index (χ1n) is 5.95. The van der Waals surface area contributed by atoms with Crippen molar-refractivity contribution < 1.29 is 15.0 Å². The number of benzene rings is 2. The third-order valence-corrected chi connectivity index (χ3v) is 2.74. The summed E-state index contributed by atoms with van der Waals surface area (Å²) in [7, 11) is 0. The van der Waals surface area contributed by atoms with Crippen LogP contribution in [0.15, 0.2) is 48.5 Å². The monoisotopic (exact) mass is 257 g/mol. The van der Waals surface area contributed by atoms with E-state index in [1.54, 1.807) is 48.5 Å². The molecule has 0 aromatic heterocycles. The number of hydrogen-bond acceptors (Lipinski definition) is 3. The topological polar surface area (TPSA) is 69.6 Å². The molecule has 0 bridgehead atoms. The Hall–Kier alpha value is -2.33. The van der Waals surface area contributed by atoms with Gasteiger partial charge in [-0.25, -0.2) is 0 Å². The van der Waals surface area contributed by atoms with Gasteiger partial charge in [-0.2, -0.15) is 0 Å². The number of anilines is 1. The molecule has 0 aliphatic heterocycles. The fourth-order valence-corrected chi connectivity index (χ4v) is 1.79. The molecule has 1 amide bonds. The second-order valence-corrected chi connectivity index (χ2v) is 4.21. The maximum atomic E-state index is 11.8. The van der Waals surface area contributed by atoms with Crippen LogP contribution < -0.4 is 5.32 Å². The lowest BCUT2D eigenvalue weighted by molar-refractivity contribution is -0.115. The maximum Gasteiger partial charge on any atom is 0.228 e. The fraction of sp³-hybridized carbons (Fsp3) is 0.133. The number of carbonyl (C=O) groups excluding carboxylic acids is 1. The Morgan fingerprint density at radius 3 is 2.63 bits per heavy atom. The van der Waals surface area contributed by atoms with Crippen molar-refractivity contribution in [1.82, 2.24) is 0 Å². The van der Waals surface area contributed by atoms with Gasteiger partial charge >= 0.3 is 0 Å². The summed E-state index contributed by atoms with van der Waals surface area (Å²) in [4.78, 5) is 11.8. The van der Waals surface area contributed by atoms with Gasteiger partial charge in [0.2, 0.25) is 5.91 Å². The fourth-order valence-electron chi connectivity index (χ4n) is 1.79. The number of hydrogen-bond donors (Lipinski definition) is 3. The van der Waals surface area contributed by atoms with E-state index in [9.17, 15) is 9.90 Å². The van der Waals surface area contributed by atoms with Crippen molar-refractivity contribution in [1.29, 1.82) is 0 Å². The number of phenols is 1. The Labute approximate surface area is 111 Å². The van der Waals surface area contributed by atoms with Gasteiger partial charge in [0.15, 0.2) is 0 Å². The number of para-hydroxylation sites is 1. The van der Waals surface area contributed by atoms with Gasteiger partial charge < -0.3 is 15.5 Å². The summed E-state index contributed by atoms with van der Waals surface area (Å²) in [5.74, 6) is -0.0988. The van der Waals surface area contributed by atoms with Crippen molar-refractivity contribution in [2.45, 2.75) is 13.0 Å². The van der Waals surface area contributed by atoms with Crippen LogP contribution in [0.25, 0.3) is 0 Å². The third-order valence-electron chi connectivity index (χ3n) is 2.74. The van der Waals surface area contributed by atoms with E-state index >= 15 is 0 Å². The maximum absolute atomic E-state index is 11.8. The van der Waals surface area contributed by atoms with Gasteiger partial charge in [-0.05, 0) is 23.8 Å². The molecule has 0 radical (unpaired) electrons. The number of carbonyl (C=O) groups is 1. The van der Waals surface area contributed by atoms with E-state index in [1.807, 2.05) is 0 Å². The van der Waals surface area contributed by atoms with Crippen LogP contribution in [-0.2, 0) is 17.8 Å². The van der Waals surface area contributed by atoms with Crippen molar-refractivity contribution in [2.75, 3.05) is 5.32 Å². The molecular weight excluding hydrogens is 242 g/mol. The molecule has 0 fully saturated rings. The standard InChI is InChI=1S/C15H15NO3/c17-10-11-4-3-6-13(8-11)16-15(19)9-12-5-1-2-7-14(12)18/h1-8,17-18H,9-10H2,(H,16,19). The second kappa shape index (κ2) is 6.02. The number of aromatic hydroxyl groups is 1. The van der Waals surface area contributed by atoms with Crippen molar-refractivity contribution in [3.8, 4) is 5.75 Å². The Morgan fingerprint density at radius 1 is 1.11 bits per heavy atom. The van der Waals surface area contributed by atoms with Crippen molar-refractivity contribution in [3.05, 3.63) is 59.7 Å². The molecule has 0 aliphatic carbocycles. The van der Waals surface area contributed by atoms with Gasteiger partial charge in [-0.3, -0.25) is 4.79 Å². The summed E-state index contributed by atoms with van der Waals surface area (Å²) >= 11 is 0. The van der Waals surface area contributed by atoms with Crippen molar-refractivity contribution in [3.63, 3.8) is 0 Å². The Bertz CT molecular complexity index is 581. The van der Waals surface area contributed by atoms with Crippen molar-refractivity contribution >= 4 is 11.6 Å². The molecule has 98 valence electrons. The zero-order valence-electron chi connectivity index (χ0n) is 10.3. The minimum Gasteiger partial charge on any atom is -0.508 e. The zero-order valence-corrected chi connectivity index (χ0v) is 10.3. The van der Waals surface area contributed by atoms with Gasteiger partial charge in [0, 0.05) is 11.3 Å². The molecule has 2 aromatic rings. The smallest absolute Gasteiger partial charge is 0.228 e. The largest absolute Gasteiger partial charge is 0.508 e. The van der Waals surface area contributed by atoms with Crippen LogP contribution in [0.4, 0.5) is 5.69 Å². The number of amides is 1. The molecule has 0 unspecified atom stereocenters. The molecule has 2 aromatic carbocycles. The van der Waals surface area contributed by atoms with E-state index in [-0.39, 0.29) is 24.7 Å². The number of phenolic OH excluding ortho intramolecular Hbond substituents is 1. The molecule has 3 N–H and O–H groups in total. The van der Waals surface area contributed by atoms with Gasteiger partial charge in [-0.1, -0.05) is 30.3 Å². The van der Waals surface area contributed by atoms with Crippen LogP contribution in [0.5, 0.6) is 5.75 Å². The van der Waals surface area contributed by atoms with Crippen LogP contribution in [-0.4, -0.2) is 16.1 Å². The van der Waals surface area contributed by atoms with Crippen molar-refractivity contribution in [2.24, 2.45) is 0 Å². The lowest BCUT2D eigenvalue weighted by Gasteiger charge is -2.07. The summed E-state index contributed by atoms with van der Waals surface area (Å²) in [5.41, 5.74) is 1.95. The normalized spacial score (nSPS) is 10.2. The van der Waals surface area contributed by atoms with E-state index in [4.69, 9.17) is 5.11 Å². The Balaban J connectivity index is 2.03. The van der Waals surface area contributed by atoms with Gasteiger partial charge in [0.1, 0.15) is 5.75 Å². The van der Waals surface area contributed by atoms with E-state index in [1.165, 1.54) is 0 Å². The molecule has 0 atom stereocenters. The van der Waals surface area contributed by atoms with E-state index < -0.39 is 0 Å². The van der Waals surface area contributed by atoms with E-state index in [2.05, 4.69) is 5.32 Å². The summed E-state index contributed by atoms with van der Waals surface area (Å²) < 4.78 is 0. The number of aliphatic hydroxyl groups excluding tert-OH is 1. The molecule has 0 heterocycles. The Morgan fingerprint density at radius 2 is 1.89 bits per heavy atom. The van der Waals surface area contributed by atoms with Crippen LogP contribution in [0.3, 0.4) is 0 Å². The SMILES string of the molecule is O=C(Cc1ccccc1O)Nc1cccc(CO)c1. The minimum atomic E-state index is -0.211. The second-order valence-electron chi connectivity index (χ2n) is 4.21. The van der Waals surface area contributed by atoms with Crippen LogP contribution >= 0.6 is 0 Å². The third kappa shape index (κ3) is 3.56. The van der Waals surface area contributed by atoms with E-state index in [0.717, 1.165) is 5.56 Å². The summed E-state index contributed by atoms with van der Waals surface area (Å²) in [6.07, 6.45) is 0.107. The molecule has 0 aliphatic rings. The lowest BCUT2D eigenvalue weighted by atomic mass is 10.1. The van der Waals surface area contributed by atoms with Crippen LogP contribution in [0.2, 0.25) is 0 Å². The first-order valence-corrected chi connectivity index (χ1v) is 5.95. The van der Waals surface area contributed by atoms with Gasteiger partial charge in [0.25, 0.3) is 0 Å². The molecule has 2 rings (SSSR count). The highest BCUT2D eigenvalue weighted by molar-refractivity contribution is 5.92. The predicted octanol–water partition coefficient (Wildman–Crippen LogP) is 2.07.